The predicted octanol–water partition coefficient (Wildman–Crippen LogP) is 4.09. The molecule has 2 aliphatic rings. The lowest BCUT2D eigenvalue weighted by molar-refractivity contribution is -0.132. The highest BCUT2D eigenvalue weighted by Gasteiger charge is 2.50. The maximum atomic E-state index is 13.4. The van der Waals surface area contributed by atoms with Gasteiger partial charge in [0, 0.05) is 19.6 Å². The number of benzene rings is 1. The Morgan fingerprint density at radius 2 is 1.84 bits per heavy atom. The van der Waals surface area contributed by atoms with E-state index in [0.29, 0.717) is 25.6 Å². The summed E-state index contributed by atoms with van der Waals surface area (Å²) < 4.78 is 15.8. The van der Waals surface area contributed by atoms with Crippen LogP contribution < -0.4 is 10.1 Å². The number of unbranched alkanes of at least 4 members (excludes halogenated alkanes) is 1. The van der Waals surface area contributed by atoms with Gasteiger partial charge in [-0.3, -0.25) is 9.59 Å². The first kappa shape index (κ1) is 24.7. The number of epoxide rings is 1. The molecule has 0 aromatic heterocycles. The van der Waals surface area contributed by atoms with Gasteiger partial charge in [0.05, 0.1) is 19.8 Å². The van der Waals surface area contributed by atoms with E-state index in [2.05, 4.69) is 5.32 Å². The number of carbonyl (C=O) groups is 2. The first-order valence-corrected chi connectivity index (χ1v) is 12.1. The lowest BCUT2D eigenvalue weighted by Gasteiger charge is -2.25. The van der Waals surface area contributed by atoms with Crippen LogP contribution in [0.5, 0.6) is 5.75 Å². The van der Waals surface area contributed by atoms with Crippen LogP contribution in [0.3, 0.4) is 0 Å². The SMILES string of the molecule is COCCCCC(Cc1ccc(OC)cc1)C(=O)NC(CC1CCCC1)C(=O)C1(C)CO1. The predicted molar refractivity (Wildman–Crippen MR) is 124 cm³/mol. The number of rotatable bonds is 14. The third-order valence-corrected chi connectivity index (χ3v) is 6.94. The molecule has 6 heteroatoms. The van der Waals surface area contributed by atoms with Crippen molar-refractivity contribution in [3.8, 4) is 5.75 Å². The summed E-state index contributed by atoms with van der Waals surface area (Å²) in [4.78, 5) is 26.5. The third kappa shape index (κ3) is 7.04. The second-order valence-electron chi connectivity index (χ2n) is 9.57. The van der Waals surface area contributed by atoms with Crippen LogP contribution in [0.1, 0.15) is 63.9 Å². The fourth-order valence-electron chi connectivity index (χ4n) is 4.73. The molecule has 2 fully saturated rings. The van der Waals surface area contributed by atoms with E-state index in [9.17, 15) is 9.59 Å². The van der Waals surface area contributed by atoms with Gasteiger partial charge in [0.1, 0.15) is 11.4 Å². The van der Waals surface area contributed by atoms with Crippen molar-refractivity contribution in [3.05, 3.63) is 29.8 Å². The zero-order valence-corrected chi connectivity index (χ0v) is 19.9. The molecule has 0 radical (unpaired) electrons. The Balaban J connectivity index is 1.68. The largest absolute Gasteiger partial charge is 0.497 e. The summed E-state index contributed by atoms with van der Waals surface area (Å²) in [6, 6.07) is 7.40. The molecule has 1 amide bonds. The van der Waals surface area contributed by atoms with Gasteiger partial charge in [-0.15, -0.1) is 0 Å². The van der Waals surface area contributed by atoms with Crippen LogP contribution in [0.2, 0.25) is 0 Å². The van der Waals surface area contributed by atoms with Crippen LogP contribution in [-0.4, -0.2) is 50.8 Å². The van der Waals surface area contributed by atoms with E-state index in [1.165, 1.54) is 12.8 Å². The molecule has 6 nitrogen and oxygen atoms in total. The summed E-state index contributed by atoms with van der Waals surface area (Å²) in [5, 5.41) is 3.15. The topological polar surface area (TPSA) is 77.2 Å². The van der Waals surface area contributed by atoms with Gasteiger partial charge < -0.3 is 19.5 Å². The van der Waals surface area contributed by atoms with Gasteiger partial charge in [0.2, 0.25) is 5.91 Å². The van der Waals surface area contributed by atoms with Gasteiger partial charge in [-0.05, 0) is 56.2 Å². The lowest BCUT2D eigenvalue weighted by Crippen LogP contribution is -2.49. The Labute approximate surface area is 192 Å². The van der Waals surface area contributed by atoms with Crippen LogP contribution in [0.4, 0.5) is 0 Å². The van der Waals surface area contributed by atoms with Crippen molar-refractivity contribution >= 4 is 11.7 Å². The molecule has 178 valence electrons. The van der Waals surface area contributed by atoms with Gasteiger partial charge in [-0.25, -0.2) is 0 Å². The van der Waals surface area contributed by atoms with E-state index >= 15 is 0 Å². The minimum atomic E-state index is -0.722. The van der Waals surface area contributed by atoms with Crippen LogP contribution >= 0.6 is 0 Å². The molecule has 1 aliphatic heterocycles. The maximum absolute atomic E-state index is 13.4. The minimum absolute atomic E-state index is 0.0281. The molecule has 32 heavy (non-hydrogen) atoms. The summed E-state index contributed by atoms with van der Waals surface area (Å²) in [6.07, 6.45) is 8.67. The fourth-order valence-corrected chi connectivity index (χ4v) is 4.73. The third-order valence-electron chi connectivity index (χ3n) is 6.94. The van der Waals surface area contributed by atoms with Crippen molar-refractivity contribution in [1.29, 1.82) is 0 Å². The van der Waals surface area contributed by atoms with Gasteiger partial charge in [-0.1, -0.05) is 44.2 Å². The van der Waals surface area contributed by atoms with Gasteiger partial charge in [0.25, 0.3) is 0 Å². The Morgan fingerprint density at radius 3 is 2.44 bits per heavy atom. The van der Waals surface area contributed by atoms with Crippen LogP contribution in [0.15, 0.2) is 24.3 Å². The molecule has 1 saturated heterocycles. The first-order chi connectivity index (χ1) is 15.4. The molecular formula is C26H39NO5. The van der Waals surface area contributed by atoms with Crippen molar-refractivity contribution in [3.63, 3.8) is 0 Å². The van der Waals surface area contributed by atoms with Crippen molar-refractivity contribution < 1.29 is 23.8 Å². The molecule has 1 aromatic carbocycles. The quantitative estimate of drug-likeness (QED) is 0.345. The van der Waals surface area contributed by atoms with E-state index in [0.717, 1.165) is 49.8 Å². The first-order valence-electron chi connectivity index (χ1n) is 12.1. The highest BCUT2D eigenvalue weighted by molar-refractivity contribution is 5.96. The Kier molecular flexibility index (Phi) is 9.11. The number of nitrogens with one attached hydrogen (secondary N) is 1. The lowest BCUT2D eigenvalue weighted by atomic mass is 9.89. The zero-order valence-electron chi connectivity index (χ0n) is 19.9. The molecule has 1 N–H and O–H groups in total. The van der Waals surface area contributed by atoms with Crippen molar-refractivity contribution in [2.45, 2.75) is 76.4 Å². The summed E-state index contributed by atoms with van der Waals surface area (Å²) in [5.41, 5.74) is 0.370. The van der Waals surface area contributed by atoms with Gasteiger partial charge in [-0.2, -0.15) is 0 Å². The van der Waals surface area contributed by atoms with Crippen molar-refractivity contribution in [2.75, 3.05) is 27.4 Å². The summed E-state index contributed by atoms with van der Waals surface area (Å²) >= 11 is 0. The Morgan fingerprint density at radius 1 is 1.16 bits per heavy atom. The summed E-state index contributed by atoms with van der Waals surface area (Å²) in [5.74, 6) is 1.12. The number of hydrogen-bond donors (Lipinski definition) is 1. The number of Topliss-reactive ketones (excluding diaryl/α,β-unsaturated/α-hetero) is 1. The minimum Gasteiger partial charge on any atom is -0.497 e. The second-order valence-corrected chi connectivity index (χ2v) is 9.57. The van der Waals surface area contributed by atoms with Crippen molar-refractivity contribution in [2.24, 2.45) is 11.8 Å². The molecule has 3 atom stereocenters. The number of hydrogen-bond acceptors (Lipinski definition) is 5. The van der Waals surface area contributed by atoms with Crippen molar-refractivity contribution in [1.82, 2.24) is 5.32 Å². The van der Waals surface area contributed by atoms with Crippen LogP contribution in [0, 0.1) is 11.8 Å². The molecule has 1 heterocycles. The average molecular weight is 446 g/mol. The number of amides is 1. The number of carbonyl (C=O) groups excluding carboxylic acids is 2. The van der Waals surface area contributed by atoms with Crippen LogP contribution in [0.25, 0.3) is 0 Å². The average Bonchev–Trinajstić information content (AvgIpc) is 3.34. The molecule has 1 aliphatic carbocycles. The molecule has 0 spiro atoms. The molecule has 3 rings (SSSR count). The molecular weight excluding hydrogens is 406 g/mol. The van der Waals surface area contributed by atoms with E-state index < -0.39 is 11.6 Å². The van der Waals surface area contributed by atoms with Gasteiger partial charge >= 0.3 is 0 Å². The summed E-state index contributed by atoms with van der Waals surface area (Å²) in [7, 11) is 3.34. The van der Waals surface area contributed by atoms with E-state index in [-0.39, 0.29) is 17.6 Å². The van der Waals surface area contributed by atoms with E-state index in [1.54, 1.807) is 14.2 Å². The Bertz CT molecular complexity index is 737. The smallest absolute Gasteiger partial charge is 0.224 e. The normalized spacial score (nSPS) is 22.3. The molecule has 1 aromatic rings. The fraction of sp³-hybridized carbons (Fsp3) is 0.692. The summed E-state index contributed by atoms with van der Waals surface area (Å²) in [6.45, 7) is 2.98. The highest BCUT2D eigenvalue weighted by atomic mass is 16.6. The van der Waals surface area contributed by atoms with E-state index in [4.69, 9.17) is 14.2 Å². The molecule has 0 bridgehead atoms. The van der Waals surface area contributed by atoms with E-state index in [1.807, 2.05) is 31.2 Å². The zero-order chi connectivity index (χ0) is 23.0. The highest BCUT2D eigenvalue weighted by Crippen LogP contribution is 2.33. The standard InChI is InChI=1S/C26H39NO5/c1-26(18-32-26)24(28)23(17-19-8-4-5-9-19)27-25(29)21(10-6-7-15-30-2)16-20-11-13-22(31-3)14-12-20/h11-14,19,21,23H,4-10,15-18H2,1-3H3,(H,27,29). The Hall–Kier alpha value is -1.92. The second kappa shape index (κ2) is 11.8. The number of methoxy groups -OCH3 is 2. The number of ether oxygens (including phenoxy) is 3. The number of ketones is 1. The molecule has 3 unspecified atom stereocenters. The van der Waals surface area contributed by atoms with Crippen LogP contribution in [-0.2, 0) is 25.5 Å². The van der Waals surface area contributed by atoms with Gasteiger partial charge in [0.15, 0.2) is 5.78 Å². The molecule has 1 saturated carbocycles. The maximum Gasteiger partial charge on any atom is 0.224 e. The monoisotopic (exact) mass is 445 g/mol.